The number of carbonyl (C=O) groups excluding carboxylic acids is 1. The largest absolute Gasteiger partial charge is 0.444 e. The molecule has 0 unspecified atom stereocenters. The Morgan fingerprint density at radius 2 is 2.00 bits per heavy atom. The molecule has 0 saturated heterocycles. The molecule has 0 fully saturated rings. The maximum absolute atomic E-state index is 11.7. The lowest BCUT2D eigenvalue weighted by atomic mass is 10.1. The van der Waals surface area contributed by atoms with Crippen LogP contribution in [0.5, 0.6) is 0 Å². The lowest BCUT2D eigenvalue weighted by molar-refractivity contribution is 0.0636. The predicted octanol–water partition coefficient (Wildman–Crippen LogP) is 4.10. The Kier molecular flexibility index (Phi) is 3.96. The first-order valence-corrected chi connectivity index (χ1v) is 7.90. The highest BCUT2D eigenvalue weighted by atomic mass is 32.1. The number of amides is 1. The molecule has 118 valence electrons. The molecule has 1 amide bonds. The van der Waals surface area contributed by atoms with Crippen LogP contribution in [0.3, 0.4) is 0 Å². The molecule has 0 aliphatic rings. The number of hydrogen-bond acceptors (Lipinski definition) is 6. The van der Waals surface area contributed by atoms with E-state index in [1.165, 1.54) is 11.3 Å². The van der Waals surface area contributed by atoms with Crippen LogP contribution in [-0.2, 0) is 4.74 Å². The average Bonchev–Trinajstić information content (AvgIpc) is 2.93. The fourth-order valence-electron chi connectivity index (χ4n) is 2.00. The molecule has 0 spiro atoms. The molecule has 1 aromatic carbocycles. The van der Waals surface area contributed by atoms with Crippen LogP contribution in [0.4, 0.5) is 9.93 Å². The minimum atomic E-state index is -0.552. The van der Waals surface area contributed by atoms with Gasteiger partial charge in [-0.2, -0.15) is 0 Å². The van der Waals surface area contributed by atoms with Crippen molar-refractivity contribution in [3.8, 4) is 10.6 Å². The quantitative estimate of drug-likeness (QED) is 0.766. The number of rotatable bonds is 2. The number of anilines is 1. The summed E-state index contributed by atoms with van der Waals surface area (Å²) in [7, 11) is 0. The zero-order valence-electron chi connectivity index (χ0n) is 13.0. The first-order chi connectivity index (χ1) is 10.9. The van der Waals surface area contributed by atoms with Gasteiger partial charge in [-0.05, 0) is 38.3 Å². The number of pyridine rings is 1. The second-order valence-corrected chi connectivity index (χ2v) is 6.95. The van der Waals surface area contributed by atoms with Crippen molar-refractivity contribution in [2.75, 3.05) is 5.32 Å². The molecule has 3 rings (SSSR count). The topological polar surface area (TPSA) is 77.0 Å². The van der Waals surface area contributed by atoms with Crippen molar-refractivity contribution in [3.63, 3.8) is 0 Å². The SMILES string of the molecule is CC(C)(C)OC(=O)Nc1nnc(-c2ccc3cnccc3c2)s1. The van der Waals surface area contributed by atoms with E-state index in [4.69, 9.17) is 4.74 Å². The van der Waals surface area contributed by atoms with Gasteiger partial charge in [0.15, 0.2) is 0 Å². The summed E-state index contributed by atoms with van der Waals surface area (Å²) in [6, 6.07) is 7.91. The third-order valence-electron chi connectivity index (χ3n) is 2.92. The van der Waals surface area contributed by atoms with Crippen LogP contribution in [0.25, 0.3) is 21.3 Å². The summed E-state index contributed by atoms with van der Waals surface area (Å²) >= 11 is 1.30. The highest BCUT2D eigenvalue weighted by Gasteiger charge is 2.18. The summed E-state index contributed by atoms with van der Waals surface area (Å²) in [5.41, 5.74) is 0.391. The monoisotopic (exact) mass is 328 g/mol. The third-order valence-corrected chi connectivity index (χ3v) is 3.81. The van der Waals surface area contributed by atoms with E-state index < -0.39 is 11.7 Å². The number of nitrogens with one attached hydrogen (secondary N) is 1. The van der Waals surface area contributed by atoms with Gasteiger partial charge in [0.2, 0.25) is 5.13 Å². The van der Waals surface area contributed by atoms with Crippen molar-refractivity contribution in [1.82, 2.24) is 15.2 Å². The lowest BCUT2D eigenvalue weighted by Crippen LogP contribution is -2.27. The van der Waals surface area contributed by atoms with E-state index in [1.807, 2.05) is 51.2 Å². The van der Waals surface area contributed by atoms with Gasteiger partial charge in [-0.25, -0.2) is 4.79 Å². The smallest absolute Gasteiger partial charge is 0.414 e. The van der Waals surface area contributed by atoms with E-state index in [9.17, 15) is 4.79 Å². The fourth-order valence-corrected chi connectivity index (χ4v) is 2.72. The van der Waals surface area contributed by atoms with Crippen molar-refractivity contribution in [2.45, 2.75) is 26.4 Å². The first-order valence-electron chi connectivity index (χ1n) is 7.08. The molecule has 23 heavy (non-hydrogen) atoms. The minimum Gasteiger partial charge on any atom is -0.444 e. The molecule has 0 saturated carbocycles. The normalized spacial score (nSPS) is 11.4. The van der Waals surface area contributed by atoms with Gasteiger partial charge in [0, 0.05) is 23.3 Å². The second-order valence-electron chi connectivity index (χ2n) is 5.98. The molecule has 3 aromatic rings. The van der Waals surface area contributed by atoms with Crippen molar-refractivity contribution < 1.29 is 9.53 Å². The van der Waals surface area contributed by atoms with Crippen molar-refractivity contribution in [1.29, 1.82) is 0 Å². The molecular formula is C16H16N4O2S. The summed E-state index contributed by atoms with van der Waals surface area (Å²) in [6.45, 7) is 5.42. The summed E-state index contributed by atoms with van der Waals surface area (Å²) in [5, 5.41) is 14.0. The van der Waals surface area contributed by atoms with Crippen LogP contribution >= 0.6 is 11.3 Å². The molecule has 0 bridgehead atoms. The maximum atomic E-state index is 11.7. The van der Waals surface area contributed by atoms with Gasteiger partial charge in [-0.15, -0.1) is 10.2 Å². The zero-order valence-corrected chi connectivity index (χ0v) is 13.8. The summed E-state index contributed by atoms with van der Waals surface area (Å²) < 4.78 is 5.20. The average molecular weight is 328 g/mol. The first kappa shape index (κ1) is 15.4. The zero-order chi connectivity index (χ0) is 16.4. The van der Waals surface area contributed by atoms with Gasteiger partial charge < -0.3 is 4.74 Å². The summed E-state index contributed by atoms with van der Waals surface area (Å²) in [4.78, 5) is 15.8. The predicted molar refractivity (Wildman–Crippen MR) is 90.5 cm³/mol. The van der Waals surface area contributed by atoms with Gasteiger partial charge in [0.05, 0.1) is 0 Å². The number of carbonyl (C=O) groups is 1. The Morgan fingerprint density at radius 3 is 2.78 bits per heavy atom. The van der Waals surface area contributed by atoms with E-state index >= 15 is 0 Å². The second kappa shape index (κ2) is 5.92. The molecule has 0 radical (unpaired) electrons. The number of hydrogen-bond donors (Lipinski definition) is 1. The van der Waals surface area contributed by atoms with Gasteiger partial charge in [-0.3, -0.25) is 10.3 Å². The molecule has 7 heteroatoms. The standard InChI is InChI=1S/C16H16N4O2S/c1-16(2,3)22-15(21)18-14-20-19-13(23-14)11-4-5-12-9-17-7-6-10(12)8-11/h4-9H,1-3H3,(H,18,20,21). The van der Waals surface area contributed by atoms with Crippen LogP contribution in [0.15, 0.2) is 36.7 Å². The van der Waals surface area contributed by atoms with E-state index in [0.29, 0.717) is 5.13 Å². The van der Waals surface area contributed by atoms with E-state index in [2.05, 4.69) is 20.5 Å². The number of benzene rings is 1. The molecular weight excluding hydrogens is 312 g/mol. The molecule has 6 nitrogen and oxygen atoms in total. The third kappa shape index (κ3) is 3.81. The Morgan fingerprint density at radius 1 is 1.17 bits per heavy atom. The van der Waals surface area contributed by atoms with Crippen LogP contribution in [0.2, 0.25) is 0 Å². The molecule has 0 aliphatic carbocycles. The lowest BCUT2D eigenvalue weighted by Gasteiger charge is -2.18. The highest BCUT2D eigenvalue weighted by molar-refractivity contribution is 7.18. The van der Waals surface area contributed by atoms with Crippen molar-refractivity contribution in [3.05, 3.63) is 36.7 Å². The Labute approximate surface area is 137 Å². The number of fused-ring (bicyclic) bond motifs is 1. The number of aromatic nitrogens is 3. The van der Waals surface area contributed by atoms with E-state index in [1.54, 1.807) is 6.20 Å². The molecule has 2 heterocycles. The van der Waals surface area contributed by atoms with Crippen molar-refractivity contribution >= 4 is 33.3 Å². The van der Waals surface area contributed by atoms with E-state index in [-0.39, 0.29) is 0 Å². The minimum absolute atomic E-state index is 0.407. The van der Waals surface area contributed by atoms with Crippen LogP contribution in [0.1, 0.15) is 20.8 Å². The Bertz CT molecular complexity index is 854. The number of ether oxygens (including phenoxy) is 1. The number of nitrogens with zero attached hydrogens (tertiary/aromatic N) is 3. The Hall–Kier alpha value is -2.54. The Balaban J connectivity index is 1.79. The van der Waals surface area contributed by atoms with Gasteiger partial charge >= 0.3 is 6.09 Å². The van der Waals surface area contributed by atoms with Crippen LogP contribution in [-0.4, -0.2) is 26.9 Å². The van der Waals surface area contributed by atoms with Gasteiger partial charge in [-0.1, -0.05) is 23.5 Å². The maximum Gasteiger partial charge on any atom is 0.414 e. The van der Waals surface area contributed by atoms with E-state index in [0.717, 1.165) is 21.3 Å². The molecule has 2 aromatic heterocycles. The van der Waals surface area contributed by atoms with Crippen LogP contribution < -0.4 is 5.32 Å². The highest BCUT2D eigenvalue weighted by Crippen LogP contribution is 2.29. The summed E-state index contributed by atoms with van der Waals surface area (Å²) in [5.74, 6) is 0. The summed E-state index contributed by atoms with van der Waals surface area (Å²) in [6.07, 6.45) is 3.03. The molecule has 0 aliphatic heterocycles. The van der Waals surface area contributed by atoms with Gasteiger partial charge in [0.1, 0.15) is 10.6 Å². The van der Waals surface area contributed by atoms with Gasteiger partial charge in [0.25, 0.3) is 0 Å². The molecule has 1 N–H and O–H groups in total. The van der Waals surface area contributed by atoms with Crippen LogP contribution in [0, 0.1) is 0 Å². The fraction of sp³-hybridized carbons (Fsp3) is 0.250. The molecule has 0 atom stereocenters. The van der Waals surface area contributed by atoms with Crippen molar-refractivity contribution in [2.24, 2.45) is 0 Å².